The predicted octanol–water partition coefficient (Wildman–Crippen LogP) is 0.275. The average molecular weight is 176 g/mol. The fourth-order valence-corrected chi connectivity index (χ4v) is 2.36. The fourth-order valence-electron chi connectivity index (χ4n) is 1.14. The van der Waals surface area contributed by atoms with Crippen molar-refractivity contribution in [2.75, 3.05) is 25.2 Å². The van der Waals surface area contributed by atoms with E-state index < -0.39 is 0 Å². The van der Waals surface area contributed by atoms with Crippen molar-refractivity contribution in [2.45, 2.75) is 6.42 Å². The van der Waals surface area contributed by atoms with E-state index in [1.807, 2.05) is 0 Å². The Labute approximate surface area is 70.1 Å². The quantitative estimate of drug-likeness (QED) is 0.627. The van der Waals surface area contributed by atoms with Gasteiger partial charge in [-0.1, -0.05) is 0 Å². The summed E-state index contributed by atoms with van der Waals surface area (Å²) in [4.78, 5) is 11.2. The molecule has 0 aromatic carbocycles. The van der Waals surface area contributed by atoms with Gasteiger partial charge in [0.2, 0.25) is 0 Å². The first-order chi connectivity index (χ1) is 5.25. The number of hydrogen-bond acceptors (Lipinski definition) is 4. The van der Waals surface area contributed by atoms with E-state index in [0.717, 1.165) is 11.5 Å². The Morgan fingerprint density at radius 3 is 2.64 bits per heavy atom. The number of aliphatic hydroxyl groups is 1. The van der Waals surface area contributed by atoms with Crippen molar-refractivity contribution < 1.29 is 14.6 Å². The van der Waals surface area contributed by atoms with Crippen LogP contribution < -0.4 is 0 Å². The van der Waals surface area contributed by atoms with E-state index in [9.17, 15) is 4.79 Å². The van der Waals surface area contributed by atoms with Crippen LogP contribution in [0, 0.1) is 5.41 Å². The van der Waals surface area contributed by atoms with Gasteiger partial charge >= 0.3 is 5.97 Å². The van der Waals surface area contributed by atoms with Gasteiger partial charge in [0.15, 0.2) is 0 Å². The number of ether oxygens (including phenoxy) is 1. The van der Waals surface area contributed by atoms with Crippen LogP contribution in [0.15, 0.2) is 0 Å². The molecular formula is C7H12O3S. The molecule has 1 N–H and O–H groups in total. The SMILES string of the molecule is COC(=O)C1(CCO)CSC1. The molecule has 0 amide bonds. The van der Waals surface area contributed by atoms with Gasteiger partial charge < -0.3 is 9.84 Å². The molecule has 0 aromatic heterocycles. The highest BCUT2D eigenvalue weighted by molar-refractivity contribution is 8.00. The number of carbonyl (C=O) groups is 1. The number of methoxy groups -OCH3 is 1. The van der Waals surface area contributed by atoms with Gasteiger partial charge in [-0.3, -0.25) is 4.79 Å². The van der Waals surface area contributed by atoms with E-state index in [0.29, 0.717) is 6.42 Å². The second-order valence-corrected chi connectivity index (χ2v) is 3.72. The fraction of sp³-hybridized carbons (Fsp3) is 0.857. The molecule has 3 nitrogen and oxygen atoms in total. The smallest absolute Gasteiger partial charge is 0.313 e. The number of aliphatic hydroxyl groups excluding tert-OH is 1. The van der Waals surface area contributed by atoms with Gasteiger partial charge in [0.1, 0.15) is 0 Å². The minimum absolute atomic E-state index is 0.0651. The molecule has 0 aromatic rings. The second kappa shape index (κ2) is 3.45. The van der Waals surface area contributed by atoms with Crippen molar-refractivity contribution in [3.05, 3.63) is 0 Å². The summed E-state index contributed by atoms with van der Waals surface area (Å²) in [6, 6.07) is 0. The van der Waals surface area contributed by atoms with Gasteiger partial charge in [0, 0.05) is 18.1 Å². The normalized spacial score (nSPS) is 20.5. The average Bonchev–Trinajstić information content (AvgIpc) is 1.95. The number of hydrogen-bond donors (Lipinski definition) is 1. The van der Waals surface area contributed by atoms with Gasteiger partial charge in [-0.05, 0) is 6.42 Å². The minimum atomic E-state index is -0.367. The highest BCUT2D eigenvalue weighted by Crippen LogP contribution is 2.41. The third kappa shape index (κ3) is 1.51. The molecule has 1 fully saturated rings. The zero-order chi connectivity index (χ0) is 8.32. The van der Waals surface area contributed by atoms with E-state index in [1.165, 1.54) is 7.11 Å². The van der Waals surface area contributed by atoms with Crippen molar-refractivity contribution >= 4 is 17.7 Å². The Bertz CT molecular complexity index is 154. The lowest BCUT2D eigenvalue weighted by atomic mass is 9.88. The van der Waals surface area contributed by atoms with Crippen LogP contribution in [0.5, 0.6) is 0 Å². The summed E-state index contributed by atoms with van der Waals surface area (Å²) in [6.07, 6.45) is 0.534. The largest absolute Gasteiger partial charge is 0.469 e. The van der Waals surface area contributed by atoms with Crippen LogP contribution in [-0.4, -0.2) is 36.3 Å². The summed E-state index contributed by atoms with van der Waals surface area (Å²) in [6.45, 7) is 0.0651. The number of carbonyl (C=O) groups excluding carboxylic acids is 1. The molecular weight excluding hydrogens is 164 g/mol. The molecule has 64 valence electrons. The monoisotopic (exact) mass is 176 g/mol. The van der Waals surface area contributed by atoms with Gasteiger partial charge in [-0.2, -0.15) is 11.8 Å². The van der Waals surface area contributed by atoms with Crippen molar-refractivity contribution in [2.24, 2.45) is 5.41 Å². The number of esters is 1. The van der Waals surface area contributed by atoms with Crippen LogP contribution in [0.4, 0.5) is 0 Å². The van der Waals surface area contributed by atoms with E-state index in [4.69, 9.17) is 5.11 Å². The van der Waals surface area contributed by atoms with Gasteiger partial charge in [0.05, 0.1) is 12.5 Å². The molecule has 0 radical (unpaired) electrons. The lowest BCUT2D eigenvalue weighted by Crippen LogP contribution is -2.44. The molecule has 1 saturated heterocycles. The van der Waals surface area contributed by atoms with Crippen molar-refractivity contribution in [3.63, 3.8) is 0 Å². The first-order valence-corrected chi connectivity index (χ1v) is 4.68. The molecule has 0 aliphatic carbocycles. The van der Waals surface area contributed by atoms with Crippen LogP contribution in [-0.2, 0) is 9.53 Å². The lowest BCUT2D eigenvalue weighted by molar-refractivity contribution is -0.151. The maximum Gasteiger partial charge on any atom is 0.313 e. The molecule has 11 heavy (non-hydrogen) atoms. The van der Waals surface area contributed by atoms with Gasteiger partial charge in [-0.25, -0.2) is 0 Å². The zero-order valence-corrected chi connectivity index (χ0v) is 7.32. The first kappa shape index (κ1) is 8.87. The molecule has 1 aliphatic heterocycles. The summed E-state index contributed by atoms with van der Waals surface area (Å²) >= 11 is 1.72. The van der Waals surface area contributed by atoms with Crippen LogP contribution in [0.3, 0.4) is 0 Å². The second-order valence-electron chi connectivity index (χ2n) is 2.74. The van der Waals surface area contributed by atoms with Crippen molar-refractivity contribution in [1.82, 2.24) is 0 Å². The Morgan fingerprint density at radius 1 is 1.73 bits per heavy atom. The number of rotatable bonds is 3. The maximum atomic E-state index is 11.2. The summed E-state index contributed by atoms with van der Waals surface area (Å²) in [5, 5.41) is 8.69. The molecule has 0 spiro atoms. The minimum Gasteiger partial charge on any atom is -0.469 e. The molecule has 0 atom stereocenters. The van der Waals surface area contributed by atoms with Crippen molar-refractivity contribution in [1.29, 1.82) is 0 Å². The summed E-state index contributed by atoms with van der Waals surface area (Å²) in [7, 11) is 1.39. The maximum absolute atomic E-state index is 11.2. The highest BCUT2D eigenvalue weighted by Gasteiger charge is 2.45. The Morgan fingerprint density at radius 2 is 2.36 bits per heavy atom. The lowest BCUT2D eigenvalue weighted by Gasteiger charge is -2.37. The third-order valence-electron chi connectivity index (χ3n) is 1.97. The standard InChI is InChI=1S/C7H12O3S/c1-10-6(9)7(2-3-8)4-11-5-7/h8H,2-5H2,1H3. The molecule has 4 heteroatoms. The van der Waals surface area contributed by atoms with Crippen LogP contribution >= 0.6 is 11.8 Å². The zero-order valence-electron chi connectivity index (χ0n) is 6.50. The van der Waals surface area contributed by atoms with E-state index in [-0.39, 0.29) is 18.0 Å². The Balaban J connectivity index is 2.52. The first-order valence-electron chi connectivity index (χ1n) is 3.52. The van der Waals surface area contributed by atoms with E-state index in [1.54, 1.807) is 11.8 Å². The van der Waals surface area contributed by atoms with Crippen LogP contribution in [0.2, 0.25) is 0 Å². The molecule has 0 saturated carbocycles. The Hall–Kier alpha value is -0.220. The Kier molecular flexibility index (Phi) is 2.78. The third-order valence-corrected chi connectivity index (χ3v) is 3.48. The molecule has 1 heterocycles. The van der Waals surface area contributed by atoms with Crippen LogP contribution in [0.1, 0.15) is 6.42 Å². The van der Waals surface area contributed by atoms with Gasteiger partial charge in [-0.15, -0.1) is 0 Å². The van der Waals surface area contributed by atoms with Crippen molar-refractivity contribution in [3.8, 4) is 0 Å². The van der Waals surface area contributed by atoms with Crippen LogP contribution in [0.25, 0.3) is 0 Å². The topological polar surface area (TPSA) is 46.5 Å². The molecule has 0 unspecified atom stereocenters. The molecule has 0 bridgehead atoms. The summed E-state index contributed by atoms with van der Waals surface area (Å²) in [5.74, 6) is 1.41. The summed E-state index contributed by atoms with van der Waals surface area (Å²) < 4.78 is 4.65. The van der Waals surface area contributed by atoms with E-state index in [2.05, 4.69) is 4.74 Å². The van der Waals surface area contributed by atoms with Gasteiger partial charge in [0.25, 0.3) is 0 Å². The molecule has 1 aliphatic rings. The van der Waals surface area contributed by atoms with E-state index >= 15 is 0 Å². The number of thioether (sulfide) groups is 1. The predicted molar refractivity (Wildman–Crippen MR) is 43.5 cm³/mol. The summed E-state index contributed by atoms with van der Waals surface area (Å²) in [5.41, 5.74) is -0.367. The highest BCUT2D eigenvalue weighted by atomic mass is 32.2. The molecule has 1 rings (SSSR count).